The number of rotatable bonds is 5. The second-order valence-electron chi connectivity index (χ2n) is 4.91. The normalized spacial score (nSPS) is 27.7. The Hall–Kier alpha value is -2.07. The van der Waals surface area contributed by atoms with Gasteiger partial charge in [-0.1, -0.05) is 19.1 Å². The van der Waals surface area contributed by atoms with Gasteiger partial charge in [0.25, 0.3) is 0 Å². The third-order valence-electron chi connectivity index (χ3n) is 3.94. The van der Waals surface area contributed by atoms with E-state index in [9.17, 15) is 23.6 Å². The van der Waals surface area contributed by atoms with E-state index < -0.39 is 32.4 Å². The Kier molecular flexibility index (Phi) is 3.68. The number of nitrogens with zero attached hydrogens (tertiary/aromatic N) is 1. The molecule has 0 amide bonds. The maximum absolute atomic E-state index is 12.1. The molecule has 1 fully saturated rings. The van der Waals surface area contributed by atoms with Crippen LogP contribution in [0.5, 0.6) is 5.75 Å². The fourth-order valence-electron chi connectivity index (χ4n) is 2.71. The lowest BCUT2D eigenvalue weighted by molar-refractivity contribution is -0.141. The highest BCUT2D eigenvalue weighted by Gasteiger charge is 2.76. The minimum absolute atomic E-state index is 0.193. The maximum Gasteiger partial charge on any atom is 0.326 e. The molecule has 0 radical (unpaired) electrons. The molecule has 0 spiro atoms. The molecule has 1 saturated carbocycles. The van der Waals surface area contributed by atoms with Gasteiger partial charge in [0.15, 0.2) is 15.3 Å². The number of carboxylic acids is 1. The third kappa shape index (κ3) is 2.16. The lowest BCUT2D eigenvalue weighted by Crippen LogP contribution is -2.23. The van der Waals surface area contributed by atoms with Gasteiger partial charge in [-0.15, -0.1) is 0 Å². The second-order valence-corrected chi connectivity index (χ2v) is 7.32. The van der Waals surface area contributed by atoms with Crippen LogP contribution in [0.3, 0.4) is 0 Å². The topological polar surface area (TPSA) is 104 Å². The van der Waals surface area contributed by atoms with Crippen LogP contribution in [0.15, 0.2) is 24.3 Å². The highest BCUT2D eigenvalue weighted by atomic mass is 32.2. The highest BCUT2D eigenvalue weighted by Crippen LogP contribution is 2.63. The Morgan fingerprint density at radius 2 is 2.00 bits per heavy atom. The average molecular weight is 309 g/mol. The van der Waals surface area contributed by atoms with Crippen LogP contribution in [0.4, 0.5) is 0 Å². The van der Waals surface area contributed by atoms with Crippen LogP contribution in [0, 0.1) is 16.7 Å². The van der Waals surface area contributed by atoms with Crippen molar-refractivity contribution in [2.24, 2.45) is 5.41 Å². The fraction of sp³-hybridized carbons (Fsp3) is 0.429. The van der Waals surface area contributed by atoms with E-state index in [4.69, 9.17) is 4.74 Å². The van der Waals surface area contributed by atoms with Crippen LogP contribution >= 0.6 is 0 Å². The SMILES string of the molecule is CCS(=O)(=O)[C@H]1[C@H](c2ccc(OC)cc2)[C@@]1(C#N)C(=O)O. The lowest BCUT2D eigenvalue weighted by atomic mass is 10.0. The summed E-state index contributed by atoms with van der Waals surface area (Å²) >= 11 is 0. The molecule has 1 aromatic rings. The van der Waals surface area contributed by atoms with Crippen molar-refractivity contribution >= 4 is 15.8 Å². The number of hydrogen-bond acceptors (Lipinski definition) is 5. The van der Waals surface area contributed by atoms with E-state index in [0.29, 0.717) is 11.3 Å². The molecular formula is C14H15NO5S. The van der Waals surface area contributed by atoms with Crippen molar-refractivity contribution in [3.63, 3.8) is 0 Å². The molecule has 6 nitrogen and oxygen atoms in total. The Morgan fingerprint density at radius 3 is 2.38 bits per heavy atom. The van der Waals surface area contributed by atoms with Crippen molar-refractivity contribution in [3.8, 4) is 11.8 Å². The Labute approximate surface area is 122 Å². The Bertz CT molecular complexity index is 704. The number of hydrogen-bond donors (Lipinski definition) is 1. The van der Waals surface area contributed by atoms with Gasteiger partial charge >= 0.3 is 5.97 Å². The first-order valence-electron chi connectivity index (χ1n) is 6.35. The van der Waals surface area contributed by atoms with Gasteiger partial charge in [-0.25, -0.2) is 8.42 Å². The molecule has 0 unspecified atom stereocenters. The van der Waals surface area contributed by atoms with Crippen LogP contribution in [-0.4, -0.2) is 37.6 Å². The van der Waals surface area contributed by atoms with E-state index in [0.717, 1.165) is 0 Å². The molecule has 2 rings (SSSR count). The third-order valence-corrected chi connectivity index (χ3v) is 6.16. The molecule has 1 aliphatic rings. The van der Waals surface area contributed by atoms with Crippen LogP contribution in [0.25, 0.3) is 0 Å². The minimum atomic E-state index is -3.64. The zero-order valence-corrected chi connectivity index (χ0v) is 12.4. The highest BCUT2D eigenvalue weighted by molar-refractivity contribution is 7.92. The van der Waals surface area contributed by atoms with Gasteiger partial charge in [-0.2, -0.15) is 5.26 Å². The van der Waals surface area contributed by atoms with E-state index in [1.165, 1.54) is 14.0 Å². The van der Waals surface area contributed by atoms with Crippen LogP contribution in [-0.2, 0) is 14.6 Å². The van der Waals surface area contributed by atoms with Crippen molar-refractivity contribution in [1.82, 2.24) is 0 Å². The fourth-order valence-corrected chi connectivity index (χ4v) is 4.64. The van der Waals surface area contributed by atoms with Gasteiger partial charge in [-0.05, 0) is 17.7 Å². The quantitative estimate of drug-likeness (QED) is 0.876. The van der Waals surface area contributed by atoms with Crippen molar-refractivity contribution in [2.45, 2.75) is 18.1 Å². The van der Waals surface area contributed by atoms with Gasteiger partial charge in [0.2, 0.25) is 0 Å². The number of methoxy groups -OCH3 is 1. The molecule has 0 bridgehead atoms. The molecule has 1 aromatic carbocycles. The Morgan fingerprint density at radius 1 is 1.43 bits per heavy atom. The summed E-state index contributed by atoms with van der Waals surface area (Å²) in [4.78, 5) is 11.5. The molecule has 7 heteroatoms. The number of benzene rings is 1. The van der Waals surface area contributed by atoms with Gasteiger partial charge in [0.05, 0.1) is 13.2 Å². The molecule has 0 aromatic heterocycles. The first kappa shape index (κ1) is 15.3. The first-order chi connectivity index (χ1) is 9.85. The molecule has 3 atom stereocenters. The van der Waals surface area contributed by atoms with Gasteiger partial charge in [0.1, 0.15) is 11.0 Å². The van der Waals surface area contributed by atoms with Crippen molar-refractivity contribution in [3.05, 3.63) is 29.8 Å². The van der Waals surface area contributed by atoms with E-state index in [-0.39, 0.29) is 5.75 Å². The molecule has 0 aliphatic heterocycles. The van der Waals surface area contributed by atoms with Crippen molar-refractivity contribution < 1.29 is 23.1 Å². The Balaban J connectivity index is 2.50. The molecular weight excluding hydrogens is 294 g/mol. The molecule has 1 N–H and O–H groups in total. The number of carbonyl (C=O) groups is 1. The molecule has 112 valence electrons. The van der Waals surface area contributed by atoms with Gasteiger partial charge in [0, 0.05) is 11.7 Å². The number of sulfone groups is 1. The predicted molar refractivity (Wildman–Crippen MR) is 74.7 cm³/mol. The summed E-state index contributed by atoms with van der Waals surface area (Å²) in [6.45, 7) is 1.45. The second kappa shape index (κ2) is 5.04. The van der Waals surface area contributed by atoms with E-state index >= 15 is 0 Å². The van der Waals surface area contributed by atoms with Crippen molar-refractivity contribution in [1.29, 1.82) is 5.26 Å². The number of aliphatic carboxylic acids is 1. The molecule has 0 heterocycles. The number of carboxylic acid groups (broad SMARTS) is 1. The van der Waals surface area contributed by atoms with Crippen molar-refractivity contribution in [2.75, 3.05) is 12.9 Å². The summed E-state index contributed by atoms with van der Waals surface area (Å²) < 4.78 is 29.2. The smallest absolute Gasteiger partial charge is 0.326 e. The van der Waals surface area contributed by atoms with Gasteiger partial charge < -0.3 is 9.84 Å². The van der Waals surface area contributed by atoms with E-state index in [1.54, 1.807) is 30.3 Å². The summed E-state index contributed by atoms with van der Waals surface area (Å²) in [5.74, 6) is -1.86. The van der Waals surface area contributed by atoms with Crippen LogP contribution in [0.1, 0.15) is 18.4 Å². The largest absolute Gasteiger partial charge is 0.497 e. The standard InChI is InChI=1S/C14H15NO5S/c1-3-21(18,19)12-11(14(12,8-15)13(16)17)9-4-6-10(20-2)7-5-9/h4-7,11-12H,3H2,1-2H3,(H,16,17)/t11-,12-,14+/m0/s1. The first-order valence-corrected chi connectivity index (χ1v) is 8.06. The number of ether oxygens (including phenoxy) is 1. The summed E-state index contributed by atoms with van der Waals surface area (Å²) in [5, 5.41) is 17.4. The average Bonchev–Trinajstić information content (AvgIpc) is 3.19. The molecule has 0 saturated heterocycles. The summed E-state index contributed by atoms with van der Waals surface area (Å²) in [7, 11) is -2.14. The predicted octanol–water partition coefficient (Wildman–Crippen LogP) is 1.19. The summed E-state index contributed by atoms with van der Waals surface area (Å²) in [6, 6.07) is 8.15. The molecule has 21 heavy (non-hydrogen) atoms. The zero-order valence-electron chi connectivity index (χ0n) is 11.6. The van der Waals surface area contributed by atoms with Gasteiger partial charge in [-0.3, -0.25) is 4.79 Å². The van der Waals surface area contributed by atoms with E-state index in [2.05, 4.69) is 0 Å². The number of nitriles is 1. The lowest BCUT2D eigenvalue weighted by Gasteiger charge is -2.03. The minimum Gasteiger partial charge on any atom is -0.497 e. The molecule has 1 aliphatic carbocycles. The van der Waals surface area contributed by atoms with Crippen LogP contribution in [0.2, 0.25) is 0 Å². The van der Waals surface area contributed by atoms with Crippen LogP contribution < -0.4 is 4.74 Å². The van der Waals surface area contributed by atoms with E-state index in [1.807, 2.05) is 0 Å². The maximum atomic E-state index is 12.1. The zero-order chi connectivity index (χ0) is 15.8. The monoisotopic (exact) mass is 309 g/mol. The summed E-state index contributed by atoms with van der Waals surface area (Å²) in [5.41, 5.74) is -1.38. The summed E-state index contributed by atoms with van der Waals surface area (Å²) in [6.07, 6.45) is 0.